The maximum absolute atomic E-state index is 13.1. The fraction of sp³-hybridized carbons (Fsp3) is 0.370. The third-order valence-corrected chi connectivity index (χ3v) is 9.80. The summed E-state index contributed by atoms with van der Waals surface area (Å²) in [4.78, 5) is 34.9. The fourth-order valence-corrected chi connectivity index (χ4v) is 7.06. The first-order valence-corrected chi connectivity index (χ1v) is 15.1. The number of thioether (sulfide) groups is 1. The van der Waals surface area contributed by atoms with Crippen LogP contribution < -0.4 is 4.90 Å². The maximum atomic E-state index is 13.1. The van der Waals surface area contributed by atoms with Crippen LogP contribution in [0.5, 0.6) is 0 Å². The minimum Gasteiger partial charge on any atom is -0.341 e. The van der Waals surface area contributed by atoms with Gasteiger partial charge in [0.25, 0.3) is 0 Å². The van der Waals surface area contributed by atoms with Gasteiger partial charge in [0.2, 0.25) is 11.8 Å². The molecule has 0 radical (unpaired) electrons. The van der Waals surface area contributed by atoms with Crippen LogP contribution in [0, 0.1) is 6.92 Å². The van der Waals surface area contributed by atoms with E-state index in [0.29, 0.717) is 30.3 Å². The number of imidazole rings is 1. The van der Waals surface area contributed by atoms with E-state index < -0.39 is 9.84 Å². The monoisotopic (exact) mass is 538 g/mol. The third kappa shape index (κ3) is 5.60. The lowest BCUT2D eigenvalue weighted by molar-refractivity contribution is -0.132. The maximum Gasteiger partial charge on any atom is 0.242 e. The normalized spacial score (nSPS) is 16.6. The highest BCUT2D eigenvalue weighted by Gasteiger charge is 2.31. The molecule has 1 aromatic heterocycles. The van der Waals surface area contributed by atoms with Gasteiger partial charge in [0, 0.05) is 42.8 Å². The number of sulfone groups is 1. The molecule has 3 heterocycles. The molecule has 0 saturated carbocycles. The lowest BCUT2D eigenvalue weighted by atomic mass is 9.95. The van der Waals surface area contributed by atoms with Gasteiger partial charge in [0.05, 0.1) is 22.1 Å². The standard InChI is InChI=1S/C27H30N4O4S2/c1-20-6-8-22(9-7-20)37(34,35)17-16-30-15-12-28-27(30)21-10-13-29(14-11-21)25(32)18-31-23-4-2-3-5-24(23)36-19-26(31)33/h2-9,12,15,21H,10-11,13-14,16-19H2,1H3. The minimum atomic E-state index is -3.40. The Hall–Kier alpha value is -3.11. The fourth-order valence-electron chi connectivity index (χ4n) is 4.90. The van der Waals surface area contributed by atoms with Crippen molar-refractivity contribution in [3.63, 3.8) is 0 Å². The van der Waals surface area contributed by atoms with E-state index >= 15 is 0 Å². The van der Waals surface area contributed by atoms with Crippen molar-refractivity contribution < 1.29 is 18.0 Å². The van der Waals surface area contributed by atoms with Crippen LogP contribution in [0.25, 0.3) is 0 Å². The molecule has 10 heteroatoms. The number of fused-ring (bicyclic) bond motifs is 1. The Bertz CT molecular complexity index is 1390. The zero-order valence-corrected chi connectivity index (χ0v) is 22.4. The van der Waals surface area contributed by atoms with Crippen LogP contribution in [0.3, 0.4) is 0 Å². The van der Waals surface area contributed by atoms with Gasteiger partial charge in [0.1, 0.15) is 12.4 Å². The Balaban J connectivity index is 1.18. The van der Waals surface area contributed by atoms with Gasteiger partial charge in [-0.2, -0.15) is 0 Å². The summed E-state index contributed by atoms with van der Waals surface area (Å²) in [6, 6.07) is 14.6. The van der Waals surface area contributed by atoms with E-state index in [1.54, 1.807) is 23.2 Å². The van der Waals surface area contributed by atoms with Gasteiger partial charge < -0.3 is 14.4 Å². The molecule has 8 nitrogen and oxygen atoms in total. The number of anilines is 1. The molecule has 1 saturated heterocycles. The number of para-hydroxylation sites is 1. The molecule has 0 bridgehead atoms. The molecule has 2 amide bonds. The van der Waals surface area contributed by atoms with Crippen LogP contribution in [-0.2, 0) is 26.0 Å². The second kappa shape index (κ2) is 10.7. The number of hydrogen-bond acceptors (Lipinski definition) is 6. The zero-order chi connectivity index (χ0) is 26.0. The van der Waals surface area contributed by atoms with Crippen molar-refractivity contribution in [1.82, 2.24) is 14.5 Å². The average Bonchev–Trinajstić information content (AvgIpc) is 3.38. The van der Waals surface area contributed by atoms with E-state index in [0.717, 1.165) is 34.8 Å². The van der Waals surface area contributed by atoms with Crippen LogP contribution in [0.4, 0.5) is 5.69 Å². The molecular formula is C27H30N4O4S2. The average molecular weight is 539 g/mol. The Morgan fingerprint density at radius 2 is 1.81 bits per heavy atom. The van der Waals surface area contributed by atoms with E-state index in [-0.39, 0.29) is 30.0 Å². The first-order valence-electron chi connectivity index (χ1n) is 12.4. The van der Waals surface area contributed by atoms with Crippen molar-refractivity contribution in [3.8, 4) is 0 Å². The van der Waals surface area contributed by atoms with Crippen molar-refractivity contribution in [2.45, 2.75) is 42.0 Å². The summed E-state index contributed by atoms with van der Waals surface area (Å²) in [5.74, 6) is 1.25. The number of benzene rings is 2. The highest BCUT2D eigenvalue weighted by molar-refractivity contribution is 8.00. The van der Waals surface area contributed by atoms with Crippen molar-refractivity contribution in [2.75, 3.05) is 36.0 Å². The van der Waals surface area contributed by atoms with E-state index in [1.165, 1.54) is 11.8 Å². The predicted molar refractivity (Wildman–Crippen MR) is 144 cm³/mol. The van der Waals surface area contributed by atoms with Gasteiger partial charge in [-0.3, -0.25) is 9.59 Å². The number of piperidine rings is 1. The first-order chi connectivity index (χ1) is 17.8. The Morgan fingerprint density at radius 1 is 1.08 bits per heavy atom. The second-order valence-electron chi connectivity index (χ2n) is 9.50. The molecule has 37 heavy (non-hydrogen) atoms. The van der Waals surface area contributed by atoms with Crippen molar-refractivity contribution in [1.29, 1.82) is 0 Å². The quantitative estimate of drug-likeness (QED) is 0.457. The zero-order valence-electron chi connectivity index (χ0n) is 20.7. The lowest BCUT2D eigenvalue weighted by Gasteiger charge is -2.34. The topological polar surface area (TPSA) is 92.6 Å². The lowest BCUT2D eigenvalue weighted by Crippen LogP contribution is -2.47. The van der Waals surface area contributed by atoms with Crippen LogP contribution >= 0.6 is 11.8 Å². The number of carbonyl (C=O) groups is 2. The number of aryl methyl sites for hydroxylation is 2. The molecule has 1 fully saturated rings. The van der Waals surface area contributed by atoms with Gasteiger partial charge in [0.15, 0.2) is 9.84 Å². The van der Waals surface area contributed by atoms with Crippen LogP contribution in [0.1, 0.15) is 30.1 Å². The van der Waals surface area contributed by atoms with Gasteiger partial charge in [-0.1, -0.05) is 29.8 Å². The number of carbonyl (C=O) groups excluding carboxylic acids is 2. The number of rotatable bonds is 7. The smallest absolute Gasteiger partial charge is 0.242 e. The summed E-state index contributed by atoms with van der Waals surface area (Å²) < 4.78 is 27.5. The minimum absolute atomic E-state index is 0.000372. The molecule has 0 atom stereocenters. The van der Waals surface area contributed by atoms with Gasteiger partial charge in [-0.15, -0.1) is 11.8 Å². The molecule has 0 spiro atoms. The first kappa shape index (κ1) is 25.5. The highest BCUT2D eigenvalue weighted by atomic mass is 32.2. The molecule has 0 N–H and O–H groups in total. The van der Waals surface area contributed by atoms with E-state index in [2.05, 4.69) is 4.98 Å². The number of aromatic nitrogens is 2. The molecule has 0 aliphatic carbocycles. The predicted octanol–water partition coefficient (Wildman–Crippen LogP) is 3.51. The van der Waals surface area contributed by atoms with Crippen LogP contribution in [-0.4, -0.2) is 65.8 Å². The van der Waals surface area contributed by atoms with E-state index in [4.69, 9.17) is 0 Å². The van der Waals surface area contributed by atoms with Crippen molar-refractivity contribution in [2.24, 2.45) is 0 Å². The highest BCUT2D eigenvalue weighted by Crippen LogP contribution is 2.35. The summed E-state index contributed by atoms with van der Waals surface area (Å²) in [7, 11) is -3.40. The Morgan fingerprint density at radius 3 is 2.57 bits per heavy atom. The van der Waals surface area contributed by atoms with E-state index in [9.17, 15) is 18.0 Å². The third-order valence-electron chi connectivity index (χ3n) is 7.04. The SMILES string of the molecule is Cc1ccc(S(=O)(=O)CCn2ccnc2C2CCN(C(=O)CN3C(=O)CSc4ccccc43)CC2)cc1. The van der Waals surface area contributed by atoms with E-state index in [1.807, 2.05) is 59.0 Å². The molecule has 194 valence electrons. The molecule has 3 aromatic rings. The molecule has 0 unspecified atom stereocenters. The van der Waals surface area contributed by atoms with Gasteiger partial charge in [-0.25, -0.2) is 13.4 Å². The van der Waals surface area contributed by atoms with Crippen molar-refractivity contribution in [3.05, 3.63) is 72.3 Å². The molecular weight excluding hydrogens is 508 g/mol. The van der Waals surface area contributed by atoms with Gasteiger partial charge >= 0.3 is 0 Å². The molecule has 5 rings (SSSR count). The Labute approximate surface area is 221 Å². The summed E-state index contributed by atoms with van der Waals surface area (Å²) in [6.07, 6.45) is 5.03. The van der Waals surface area contributed by atoms with Crippen molar-refractivity contribution >= 4 is 39.1 Å². The number of nitrogens with zero attached hydrogens (tertiary/aromatic N) is 4. The number of hydrogen-bond donors (Lipinski definition) is 0. The molecule has 2 aromatic carbocycles. The molecule has 2 aliphatic rings. The summed E-state index contributed by atoms with van der Waals surface area (Å²) in [6.45, 7) is 3.47. The molecule has 2 aliphatic heterocycles. The number of likely N-dealkylation sites (tertiary alicyclic amines) is 1. The number of amides is 2. The van der Waals surface area contributed by atoms with Crippen LogP contribution in [0.2, 0.25) is 0 Å². The Kier molecular flexibility index (Phi) is 7.39. The van der Waals surface area contributed by atoms with Crippen LogP contribution in [0.15, 0.2) is 70.7 Å². The largest absolute Gasteiger partial charge is 0.341 e. The summed E-state index contributed by atoms with van der Waals surface area (Å²) in [5.41, 5.74) is 1.82. The summed E-state index contributed by atoms with van der Waals surface area (Å²) in [5, 5.41) is 0. The summed E-state index contributed by atoms with van der Waals surface area (Å²) >= 11 is 1.50. The second-order valence-corrected chi connectivity index (χ2v) is 12.6. The van der Waals surface area contributed by atoms with Gasteiger partial charge in [-0.05, 0) is 44.0 Å².